The van der Waals surface area contributed by atoms with Crippen LogP contribution < -0.4 is 11.0 Å². The van der Waals surface area contributed by atoms with Gasteiger partial charge in [0.1, 0.15) is 0 Å². The molecule has 0 bridgehead atoms. The first kappa shape index (κ1) is 21.3. The third kappa shape index (κ3) is 3.98. The number of rotatable bonds is 5. The number of nitrogens with zero attached hydrogens (tertiary/aromatic N) is 4. The first-order valence-electron chi connectivity index (χ1n) is 10.7. The van der Waals surface area contributed by atoms with Crippen molar-refractivity contribution in [2.45, 2.75) is 6.54 Å². The molecule has 3 aromatic carbocycles. The van der Waals surface area contributed by atoms with Gasteiger partial charge in [0, 0.05) is 18.2 Å². The molecule has 0 aliphatic rings. The van der Waals surface area contributed by atoms with E-state index in [9.17, 15) is 9.59 Å². The van der Waals surface area contributed by atoms with Crippen LogP contribution in [0.4, 0.5) is 0 Å². The zero-order valence-corrected chi connectivity index (χ0v) is 18.3. The van der Waals surface area contributed by atoms with E-state index in [1.54, 1.807) is 24.7 Å². The molecule has 0 aliphatic carbocycles. The maximum atomic E-state index is 12.6. The third-order valence-corrected chi connectivity index (χ3v) is 5.71. The standard InChI is InChI=1S/C26H21N5O3/c1-30-16-27-22-12-11-20(13-21(22)26(30)33)23-14-24(18-5-3-2-4-6-18)31(28-23)15-17-7-9-19(10-8-17)25(32)29-34/h2-14,16,34H,15H2,1H3,(H,29,32). The zero-order valence-electron chi connectivity index (χ0n) is 18.3. The van der Waals surface area contributed by atoms with Crippen molar-refractivity contribution >= 4 is 16.8 Å². The molecule has 5 aromatic rings. The van der Waals surface area contributed by atoms with Crippen molar-refractivity contribution in [3.05, 3.63) is 107 Å². The molecular formula is C26H21N5O3. The minimum Gasteiger partial charge on any atom is -0.302 e. The predicted octanol–water partition coefficient (Wildman–Crippen LogP) is 3.63. The first-order valence-corrected chi connectivity index (χ1v) is 10.7. The summed E-state index contributed by atoms with van der Waals surface area (Å²) in [6.45, 7) is 0.474. The van der Waals surface area contributed by atoms with E-state index in [1.807, 2.05) is 71.4 Å². The summed E-state index contributed by atoms with van der Waals surface area (Å²) in [5.74, 6) is -0.560. The van der Waals surface area contributed by atoms with Crippen LogP contribution in [0.15, 0.2) is 90.0 Å². The summed E-state index contributed by atoms with van der Waals surface area (Å²) < 4.78 is 3.36. The molecular weight excluding hydrogens is 430 g/mol. The second-order valence-electron chi connectivity index (χ2n) is 7.97. The highest BCUT2D eigenvalue weighted by molar-refractivity contribution is 5.93. The van der Waals surface area contributed by atoms with Crippen molar-refractivity contribution in [1.29, 1.82) is 0 Å². The van der Waals surface area contributed by atoms with Gasteiger partial charge in [-0.25, -0.2) is 10.5 Å². The fraction of sp³-hybridized carbons (Fsp3) is 0.0769. The Hall–Kier alpha value is -4.56. The van der Waals surface area contributed by atoms with Crippen LogP contribution in [-0.4, -0.2) is 30.4 Å². The van der Waals surface area contributed by atoms with Crippen molar-refractivity contribution in [3.63, 3.8) is 0 Å². The number of fused-ring (bicyclic) bond motifs is 1. The third-order valence-electron chi connectivity index (χ3n) is 5.71. The van der Waals surface area contributed by atoms with E-state index in [4.69, 9.17) is 10.3 Å². The second-order valence-corrected chi connectivity index (χ2v) is 7.97. The monoisotopic (exact) mass is 451 g/mol. The summed E-state index contributed by atoms with van der Waals surface area (Å²) in [6, 6.07) is 24.5. The van der Waals surface area contributed by atoms with Gasteiger partial charge in [0.05, 0.1) is 35.2 Å². The van der Waals surface area contributed by atoms with Crippen LogP contribution in [0.1, 0.15) is 15.9 Å². The van der Waals surface area contributed by atoms with Crippen molar-refractivity contribution in [2.24, 2.45) is 7.05 Å². The summed E-state index contributed by atoms with van der Waals surface area (Å²) in [6.07, 6.45) is 1.52. The van der Waals surface area contributed by atoms with E-state index in [2.05, 4.69) is 4.98 Å². The van der Waals surface area contributed by atoms with Crippen LogP contribution in [-0.2, 0) is 13.6 Å². The van der Waals surface area contributed by atoms with Gasteiger partial charge in [-0.2, -0.15) is 5.10 Å². The van der Waals surface area contributed by atoms with E-state index in [0.29, 0.717) is 23.0 Å². The number of carbonyl (C=O) groups excluding carboxylic acids is 1. The van der Waals surface area contributed by atoms with Crippen LogP contribution in [0.3, 0.4) is 0 Å². The summed E-state index contributed by atoms with van der Waals surface area (Å²) in [7, 11) is 1.68. The van der Waals surface area contributed by atoms with Gasteiger partial charge >= 0.3 is 0 Å². The highest BCUT2D eigenvalue weighted by Crippen LogP contribution is 2.28. The molecule has 0 spiro atoms. The van der Waals surface area contributed by atoms with Crippen LogP contribution >= 0.6 is 0 Å². The largest absolute Gasteiger partial charge is 0.302 e. The molecule has 5 rings (SSSR count). The minimum absolute atomic E-state index is 0.110. The van der Waals surface area contributed by atoms with Crippen LogP contribution in [0, 0.1) is 0 Å². The van der Waals surface area contributed by atoms with Crippen LogP contribution in [0.2, 0.25) is 0 Å². The highest BCUT2D eigenvalue weighted by Gasteiger charge is 2.14. The second kappa shape index (κ2) is 8.76. The molecule has 0 fully saturated rings. The Morgan fingerprint density at radius 1 is 0.971 bits per heavy atom. The van der Waals surface area contributed by atoms with Crippen LogP contribution in [0.25, 0.3) is 33.4 Å². The Bertz CT molecular complexity index is 1550. The first-order chi connectivity index (χ1) is 16.5. The molecule has 0 saturated carbocycles. The van der Waals surface area contributed by atoms with Gasteiger partial charge in [-0.05, 0) is 41.5 Å². The van der Waals surface area contributed by atoms with Gasteiger partial charge in [-0.3, -0.25) is 19.5 Å². The van der Waals surface area contributed by atoms with E-state index in [0.717, 1.165) is 28.1 Å². The predicted molar refractivity (Wildman–Crippen MR) is 128 cm³/mol. The maximum absolute atomic E-state index is 12.6. The molecule has 2 aromatic heterocycles. The molecule has 2 heterocycles. The van der Waals surface area contributed by atoms with Crippen LogP contribution in [0.5, 0.6) is 0 Å². The normalized spacial score (nSPS) is 11.0. The molecule has 0 atom stereocenters. The molecule has 0 unspecified atom stereocenters. The van der Waals surface area contributed by atoms with Crippen molar-refractivity contribution in [3.8, 4) is 22.5 Å². The fourth-order valence-corrected chi connectivity index (χ4v) is 3.89. The SMILES string of the molecule is Cn1cnc2ccc(-c3cc(-c4ccccc4)n(Cc4ccc(C(=O)NO)cc4)n3)cc2c1=O. The number of aryl methyl sites for hydroxylation is 1. The Morgan fingerprint density at radius 3 is 2.47 bits per heavy atom. The zero-order chi connectivity index (χ0) is 23.7. The summed E-state index contributed by atoms with van der Waals surface area (Å²) in [5.41, 5.74) is 6.97. The number of hydrogen-bond donors (Lipinski definition) is 2. The topological polar surface area (TPSA) is 102 Å². The highest BCUT2D eigenvalue weighted by atomic mass is 16.5. The smallest absolute Gasteiger partial charge is 0.274 e. The number of amides is 1. The molecule has 8 nitrogen and oxygen atoms in total. The minimum atomic E-state index is -0.560. The summed E-state index contributed by atoms with van der Waals surface area (Å²) in [4.78, 5) is 28.5. The van der Waals surface area contributed by atoms with Gasteiger partial charge in [0.15, 0.2) is 0 Å². The Kier molecular flexibility index (Phi) is 5.49. The maximum Gasteiger partial charge on any atom is 0.274 e. The molecule has 168 valence electrons. The molecule has 8 heteroatoms. The number of hydrogen-bond acceptors (Lipinski definition) is 5. The van der Waals surface area contributed by atoms with Crippen molar-refractivity contribution in [2.75, 3.05) is 0 Å². The number of hydroxylamine groups is 1. The van der Waals surface area contributed by atoms with Gasteiger partial charge in [-0.1, -0.05) is 48.5 Å². The lowest BCUT2D eigenvalue weighted by Gasteiger charge is -2.08. The van der Waals surface area contributed by atoms with E-state index in [-0.39, 0.29) is 5.56 Å². The lowest BCUT2D eigenvalue weighted by molar-refractivity contribution is 0.0706. The number of nitrogens with one attached hydrogen (secondary N) is 1. The quantitative estimate of drug-likeness (QED) is 0.314. The molecule has 0 saturated heterocycles. The van der Waals surface area contributed by atoms with Gasteiger partial charge in [-0.15, -0.1) is 0 Å². The van der Waals surface area contributed by atoms with Crippen molar-refractivity contribution in [1.82, 2.24) is 24.8 Å². The van der Waals surface area contributed by atoms with E-state index in [1.165, 1.54) is 10.9 Å². The van der Waals surface area contributed by atoms with E-state index >= 15 is 0 Å². The van der Waals surface area contributed by atoms with Gasteiger partial charge in [0.2, 0.25) is 0 Å². The molecule has 2 N–H and O–H groups in total. The van der Waals surface area contributed by atoms with Gasteiger partial charge < -0.3 is 4.57 Å². The average Bonchev–Trinajstić information content (AvgIpc) is 3.30. The van der Waals surface area contributed by atoms with Crippen molar-refractivity contribution < 1.29 is 10.0 Å². The molecule has 0 aliphatic heterocycles. The van der Waals surface area contributed by atoms with Gasteiger partial charge in [0.25, 0.3) is 11.5 Å². The number of benzene rings is 3. The summed E-state index contributed by atoms with van der Waals surface area (Å²) >= 11 is 0. The number of aromatic nitrogens is 4. The Morgan fingerprint density at radius 2 is 1.74 bits per heavy atom. The molecule has 0 radical (unpaired) electrons. The Labute approximate surface area is 194 Å². The Balaban J connectivity index is 1.58. The molecule has 34 heavy (non-hydrogen) atoms. The average molecular weight is 451 g/mol. The van der Waals surface area contributed by atoms with E-state index < -0.39 is 5.91 Å². The summed E-state index contributed by atoms with van der Waals surface area (Å²) in [5, 5.41) is 14.2. The number of carbonyl (C=O) groups is 1. The fourth-order valence-electron chi connectivity index (χ4n) is 3.89. The molecule has 1 amide bonds. The lowest BCUT2D eigenvalue weighted by Crippen LogP contribution is -2.18. The lowest BCUT2D eigenvalue weighted by atomic mass is 10.1.